The van der Waals surface area contributed by atoms with Crippen LogP contribution >= 0.6 is 11.6 Å². The Morgan fingerprint density at radius 2 is 1.95 bits per heavy atom. The Kier molecular flexibility index (Phi) is 5.00. The van der Waals surface area contributed by atoms with Gasteiger partial charge in [-0.05, 0) is 36.6 Å². The van der Waals surface area contributed by atoms with Crippen LogP contribution in [-0.4, -0.2) is 23.2 Å². The molecule has 2 atom stereocenters. The van der Waals surface area contributed by atoms with Crippen molar-refractivity contribution >= 4 is 23.6 Å². The van der Waals surface area contributed by atoms with Crippen molar-refractivity contribution in [2.75, 3.05) is 0 Å². The second-order valence-corrected chi connectivity index (χ2v) is 5.29. The molecule has 1 aromatic carbocycles. The molecule has 0 heterocycles. The number of carbonyl (C=O) groups excluding carboxylic acids is 1. The normalized spacial score (nSPS) is 23.5. The van der Waals surface area contributed by atoms with Crippen molar-refractivity contribution in [1.82, 2.24) is 5.32 Å². The molecule has 2 N–H and O–H groups in total. The monoisotopic (exact) mass is 279 g/mol. The van der Waals surface area contributed by atoms with Crippen LogP contribution in [0.25, 0.3) is 6.08 Å². The molecule has 0 aliphatic heterocycles. The number of rotatable bonds is 3. The van der Waals surface area contributed by atoms with E-state index >= 15 is 0 Å². The zero-order valence-corrected chi connectivity index (χ0v) is 11.4. The Balaban J connectivity index is 1.88. The lowest BCUT2D eigenvalue weighted by Crippen LogP contribution is -2.44. The second-order valence-electron chi connectivity index (χ2n) is 4.85. The summed E-state index contributed by atoms with van der Waals surface area (Å²) in [4.78, 5) is 11.8. The molecule has 102 valence electrons. The molecule has 3 nitrogen and oxygen atoms in total. The van der Waals surface area contributed by atoms with Gasteiger partial charge >= 0.3 is 0 Å². The molecule has 0 aromatic heterocycles. The molecule has 2 rings (SSSR count). The van der Waals surface area contributed by atoms with Crippen molar-refractivity contribution in [2.24, 2.45) is 0 Å². The van der Waals surface area contributed by atoms with Gasteiger partial charge in [-0.1, -0.05) is 36.6 Å². The SMILES string of the molecule is O=C(/C=C/c1ccc(Cl)cc1)NC1CCCCC1O. The first-order valence-electron chi connectivity index (χ1n) is 6.57. The van der Waals surface area contributed by atoms with Crippen LogP contribution in [-0.2, 0) is 4.79 Å². The van der Waals surface area contributed by atoms with Crippen LogP contribution in [0.5, 0.6) is 0 Å². The van der Waals surface area contributed by atoms with Gasteiger partial charge in [0.25, 0.3) is 0 Å². The van der Waals surface area contributed by atoms with Crippen molar-refractivity contribution in [2.45, 2.75) is 37.8 Å². The smallest absolute Gasteiger partial charge is 0.244 e. The largest absolute Gasteiger partial charge is 0.391 e. The van der Waals surface area contributed by atoms with Gasteiger partial charge in [-0.25, -0.2) is 0 Å². The van der Waals surface area contributed by atoms with Crippen LogP contribution in [0.4, 0.5) is 0 Å². The molecule has 1 aliphatic rings. The van der Waals surface area contributed by atoms with Crippen LogP contribution < -0.4 is 5.32 Å². The average molecular weight is 280 g/mol. The highest BCUT2D eigenvalue weighted by Gasteiger charge is 2.23. The minimum Gasteiger partial charge on any atom is -0.391 e. The number of hydrogen-bond acceptors (Lipinski definition) is 2. The first-order valence-corrected chi connectivity index (χ1v) is 6.95. The number of aliphatic hydroxyl groups is 1. The number of hydrogen-bond donors (Lipinski definition) is 2. The molecular formula is C15H18ClNO2. The van der Waals surface area contributed by atoms with E-state index in [2.05, 4.69) is 5.32 Å². The number of amides is 1. The molecule has 0 saturated heterocycles. The maximum Gasteiger partial charge on any atom is 0.244 e. The van der Waals surface area contributed by atoms with Crippen LogP contribution in [0.15, 0.2) is 30.3 Å². The van der Waals surface area contributed by atoms with E-state index in [0.29, 0.717) is 5.02 Å². The molecule has 0 radical (unpaired) electrons. The predicted octanol–water partition coefficient (Wildman–Crippen LogP) is 2.77. The van der Waals surface area contributed by atoms with E-state index in [4.69, 9.17) is 11.6 Å². The quantitative estimate of drug-likeness (QED) is 0.836. The topological polar surface area (TPSA) is 49.3 Å². The van der Waals surface area contributed by atoms with Gasteiger partial charge in [0.1, 0.15) is 0 Å². The summed E-state index contributed by atoms with van der Waals surface area (Å²) in [6.45, 7) is 0. The summed E-state index contributed by atoms with van der Waals surface area (Å²) in [6, 6.07) is 7.15. The Labute approximate surface area is 118 Å². The van der Waals surface area contributed by atoms with E-state index in [1.165, 1.54) is 6.08 Å². The zero-order chi connectivity index (χ0) is 13.7. The average Bonchev–Trinajstić information content (AvgIpc) is 2.41. The number of nitrogens with one attached hydrogen (secondary N) is 1. The van der Waals surface area contributed by atoms with Crippen molar-refractivity contribution in [3.8, 4) is 0 Å². The van der Waals surface area contributed by atoms with Gasteiger partial charge in [0.15, 0.2) is 0 Å². The van der Waals surface area contributed by atoms with E-state index in [9.17, 15) is 9.90 Å². The number of aliphatic hydroxyl groups excluding tert-OH is 1. The fourth-order valence-electron chi connectivity index (χ4n) is 2.26. The van der Waals surface area contributed by atoms with Crippen molar-refractivity contribution < 1.29 is 9.90 Å². The van der Waals surface area contributed by atoms with Crippen LogP contribution in [0.1, 0.15) is 31.2 Å². The third kappa shape index (κ3) is 4.37. The van der Waals surface area contributed by atoms with Gasteiger partial charge in [0, 0.05) is 11.1 Å². The van der Waals surface area contributed by atoms with Crippen LogP contribution in [0, 0.1) is 0 Å². The first kappa shape index (κ1) is 14.1. The minimum atomic E-state index is -0.415. The Bertz CT molecular complexity index is 456. The summed E-state index contributed by atoms with van der Waals surface area (Å²) in [5.74, 6) is -0.166. The molecule has 19 heavy (non-hydrogen) atoms. The summed E-state index contributed by atoms with van der Waals surface area (Å²) >= 11 is 5.79. The molecule has 1 amide bonds. The molecule has 0 bridgehead atoms. The Morgan fingerprint density at radius 1 is 1.26 bits per heavy atom. The zero-order valence-electron chi connectivity index (χ0n) is 10.7. The van der Waals surface area contributed by atoms with Gasteiger partial charge in [0.2, 0.25) is 5.91 Å². The van der Waals surface area contributed by atoms with E-state index in [1.807, 2.05) is 12.1 Å². The Hall–Kier alpha value is -1.32. The standard InChI is InChI=1S/C15H18ClNO2/c16-12-8-5-11(6-9-12)7-10-15(19)17-13-3-1-2-4-14(13)18/h5-10,13-14,18H,1-4H2,(H,17,19)/b10-7+. The Morgan fingerprint density at radius 3 is 2.63 bits per heavy atom. The van der Waals surface area contributed by atoms with Crippen molar-refractivity contribution in [1.29, 1.82) is 0 Å². The molecule has 2 unspecified atom stereocenters. The van der Waals surface area contributed by atoms with Gasteiger partial charge in [-0.2, -0.15) is 0 Å². The van der Waals surface area contributed by atoms with E-state index in [1.54, 1.807) is 18.2 Å². The highest BCUT2D eigenvalue weighted by Crippen LogP contribution is 2.18. The third-order valence-electron chi connectivity index (χ3n) is 3.35. The highest BCUT2D eigenvalue weighted by molar-refractivity contribution is 6.30. The molecule has 1 aromatic rings. The van der Waals surface area contributed by atoms with Crippen molar-refractivity contribution in [3.05, 3.63) is 40.9 Å². The van der Waals surface area contributed by atoms with E-state index in [-0.39, 0.29) is 11.9 Å². The summed E-state index contributed by atoms with van der Waals surface area (Å²) in [7, 11) is 0. The van der Waals surface area contributed by atoms with Crippen molar-refractivity contribution in [3.63, 3.8) is 0 Å². The lowest BCUT2D eigenvalue weighted by atomic mass is 9.92. The van der Waals surface area contributed by atoms with Crippen LogP contribution in [0.2, 0.25) is 5.02 Å². The first-order chi connectivity index (χ1) is 9.15. The summed E-state index contributed by atoms with van der Waals surface area (Å²) in [5, 5.41) is 13.3. The summed E-state index contributed by atoms with van der Waals surface area (Å²) in [5.41, 5.74) is 0.920. The third-order valence-corrected chi connectivity index (χ3v) is 3.61. The maximum absolute atomic E-state index is 11.8. The van der Waals surface area contributed by atoms with Gasteiger partial charge < -0.3 is 10.4 Å². The molecule has 4 heteroatoms. The predicted molar refractivity (Wildman–Crippen MR) is 76.9 cm³/mol. The van der Waals surface area contributed by atoms with Gasteiger partial charge in [-0.3, -0.25) is 4.79 Å². The highest BCUT2D eigenvalue weighted by atomic mass is 35.5. The maximum atomic E-state index is 11.8. The molecule has 1 fully saturated rings. The lowest BCUT2D eigenvalue weighted by molar-refractivity contribution is -0.118. The number of benzene rings is 1. The second kappa shape index (κ2) is 6.73. The molecular weight excluding hydrogens is 262 g/mol. The van der Waals surface area contributed by atoms with Gasteiger partial charge in [0.05, 0.1) is 12.1 Å². The summed E-state index contributed by atoms with van der Waals surface area (Å²) in [6.07, 6.45) is 6.53. The molecule has 1 saturated carbocycles. The van der Waals surface area contributed by atoms with Gasteiger partial charge in [-0.15, -0.1) is 0 Å². The van der Waals surface area contributed by atoms with Crippen LogP contribution in [0.3, 0.4) is 0 Å². The van der Waals surface area contributed by atoms with E-state index < -0.39 is 6.10 Å². The van der Waals surface area contributed by atoms with E-state index in [0.717, 1.165) is 31.2 Å². The minimum absolute atomic E-state index is 0.115. The number of carbonyl (C=O) groups is 1. The summed E-state index contributed by atoms with van der Waals surface area (Å²) < 4.78 is 0. The molecule has 0 spiro atoms. The lowest BCUT2D eigenvalue weighted by Gasteiger charge is -2.27. The molecule has 1 aliphatic carbocycles. The fourth-order valence-corrected chi connectivity index (χ4v) is 2.38. The fraction of sp³-hybridized carbons (Fsp3) is 0.400. The number of halogens is 1.